The Morgan fingerprint density at radius 3 is 2.45 bits per heavy atom. The van der Waals surface area contributed by atoms with Gasteiger partial charge in [0.25, 0.3) is 5.91 Å². The third-order valence-corrected chi connectivity index (χ3v) is 7.36. The summed E-state index contributed by atoms with van der Waals surface area (Å²) in [5.74, 6) is -0.271. The molecule has 4 rings (SSSR count). The number of esters is 1. The summed E-state index contributed by atoms with van der Waals surface area (Å²) in [6, 6.07) is 9.93. The second-order valence-corrected chi connectivity index (χ2v) is 9.50. The van der Waals surface area contributed by atoms with Gasteiger partial charge in [-0.1, -0.05) is 29.8 Å². The molecule has 1 N–H and O–H groups in total. The lowest BCUT2D eigenvalue weighted by atomic mass is 9.89. The van der Waals surface area contributed by atoms with Crippen molar-refractivity contribution in [3.05, 3.63) is 68.6 Å². The highest BCUT2D eigenvalue weighted by molar-refractivity contribution is 7.15. The van der Waals surface area contributed by atoms with Gasteiger partial charge in [0.1, 0.15) is 16.3 Å². The molecule has 0 bridgehead atoms. The molecule has 0 saturated carbocycles. The highest BCUT2D eigenvalue weighted by Crippen LogP contribution is 2.38. The van der Waals surface area contributed by atoms with Crippen molar-refractivity contribution in [3.63, 3.8) is 0 Å². The molecule has 0 aliphatic heterocycles. The predicted molar refractivity (Wildman–Crippen MR) is 133 cm³/mol. The van der Waals surface area contributed by atoms with Gasteiger partial charge in [-0.15, -0.1) is 11.3 Å². The Labute approximate surface area is 202 Å². The van der Waals surface area contributed by atoms with Crippen LogP contribution in [0.3, 0.4) is 0 Å². The number of fused-ring (bicyclic) bond motifs is 1. The van der Waals surface area contributed by atoms with Crippen molar-refractivity contribution in [1.29, 1.82) is 0 Å². The van der Waals surface area contributed by atoms with Crippen LogP contribution in [0.4, 0.5) is 5.00 Å². The predicted octanol–water partition coefficient (Wildman–Crippen LogP) is 6.37. The summed E-state index contributed by atoms with van der Waals surface area (Å²) in [6.45, 7) is 3.59. The molecule has 0 unspecified atom stereocenters. The average Bonchev–Trinajstić information content (AvgIpc) is 3.23. The van der Waals surface area contributed by atoms with Crippen molar-refractivity contribution in [1.82, 2.24) is 0 Å². The molecular weight excluding hydrogens is 458 g/mol. The summed E-state index contributed by atoms with van der Waals surface area (Å²) in [7, 11) is 1.34. The Kier molecular flexibility index (Phi) is 7.05. The third kappa shape index (κ3) is 5.07. The standard InChI is InChI=1S/C26H26ClNO4S/c1-15-10-20(11-16(2)24(15)27)32-13-22(29)28-25-23(26(30)31-3)21(14-33-25)19-9-8-17-6-4-5-7-18(17)12-19/h8-12,14H,4-7,13H2,1-3H3,(H,28,29). The zero-order chi connectivity index (χ0) is 23.5. The SMILES string of the molecule is COC(=O)c1c(-c2ccc3c(c2)CCCC3)csc1NC(=O)COc1cc(C)c(Cl)c(C)c1. The molecule has 33 heavy (non-hydrogen) atoms. The number of benzene rings is 2. The number of ether oxygens (including phenoxy) is 2. The van der Waals surface area contributed by atoms with Gasteiger partial charge >= 0.3 is 5.97 Å². The van der Waals surface area contributed by atoms with E-state index in [9.17, 15) is 9.59 Å². The van der Waals surface area contributed by atoms with Gasteiger partial charge in [-0.05, 0) is 79.5 Å². The van der Waals surface area contributed by atoms with Crippen LogP contribution in [0.1, 0.15) is 45.5 Å². The van der Waals surface area contributed by atoms with E-state index in [0.29, 0.717) is 21.3 Å². The number of carbonyl (C=O) groups is 2. The van der Waals surface area contributed by atoms with E-state index < -0.39 is 5.97 Å². The molecule has 1 aliphatic rings. The Bertz CT molecular complexity index is 1190. The van der Waals surface area contributed by atoms with Crippen LogP contribution in [0, 0.1) is 13.8 Å². The molecule has 1 amide bonds. The van der Waals surface area contributed by atoms with Crippen LogP contribution in [0.15, 0.2) is 35.7 Å². The molecule has 0 saturated heterocycles. The summed E-state index contributed by atoms with van der Waals surface area (Å²) in [4.78, 5) is 25.3. The van der Waals surface area contributed by atoms with Gasteiger partial charge in [-0.25, -0.2) is 4.79 Å². The molecule has 1 aromatic heterocycles. The van der Waals surface area contributed by atoms with E-state index in [4.69, 9.17) is 21.1 Å². The van der Waals surface area contributed by atoms with Gasteiger partial charge in [0.05, 0.1) is 7.11 Å². The number of hydrogen-bond acceptors (Lipinski definition) is 5. The Hall–Kier alpha value is -2.83. The average molecular weight is 484 g/mol. The number of carbonyl (C=O) groups excluding carboxylic acids is 2. The summed E-state index contributed by atoms with van der Waals surface area (Å²) in [6.07, 6.45) is 4.53. The van der Waals surface area contributed by atoms with Crippen LogP contribution in [0.2, 0.25) is 5.02 Å². The number of nitrogens with one attached hydrogen (secondary N) is 1. The van der Waals surface area contributed by atoms with Crippen LogP contribution in [-0.4, -0.2) is 25.6 Å². The zero-order valence-corrected chi connectivity index (χ0v) is 20.5. The van der Waals surface area contributed by atoms with Crippen LogP contribution in [-0.2, 0) is 22.4 Å². The summed E-state index contributed by atoms with van der Waals surface area (Å²) in [5.41, 5.74) is 6.55. The maximum absolute atomic E-state index is 12.6. The molecule has 5 nitrogen and oxygen atoms in total. The molecule has 0 fully saturated rings. The zero-order valence-electron chi connectivity index (χ0n) is 18.9. The topological polar surface area (TPSA) is 64.6 Å². The van der Waals surface area contributed by atoms with E-state index in [2.05, 4.69) is 17.4 Å². The summed E-state index contributed by atoms with van der Waals surface area (Å²) < 4.78 is 10.7. The number of hydrogen-bond donors (Lipinski definition) is 1. The molecule has 0 radical (unpaired) electrons. The summed E-state index contributed by atoms with van der Waals surface area (Å²) in [5, 5.41) is 5.84. The monoisotopic (exact) mass is 483 g/mol. The quantitative estimate of drug-likeness (QED) is 0.414. The van der Waals surface area contributed by atoms with E-state index in [1.165, 1.54) is 42.4 Å². The first kappa shape index (κ1) is 23.3. The number of amides is 1. The highest BCUT2D eigenvalue weighted by atomic mass is 35.5. The highest BCUT2D eigenvalue weighted by Gasteiger charge is 2.23. The van der Waals surface area contributed by atoms with Crippen molar-refractivity contribution >= 4 is 39.8 Å². The molecular formula is C26H26ClNO4S. The number of anilines is 1. The third-order valence-electron chi connectivity index (χ3n) is 5.87. The van der Waals surface area contributed by atoms with Crippen molar-refractivity contribution in [2.75, 3.05) is 19.0 Å². The number of thiophene rings is 1. The molecule has 3 aromatic rings. The van der Waals surface area contributed by atoms with Crippen LogP contribution < -0.4 is 10.1 Å². The maximum atomic E-state index is 12.6. The Morgan fingerprint density at radius 2 is 1.76 bits per heavy atom. The second-order valence-electron chi connectivity index (χ2n) is 8.24. The van der Waals surface area contributed by atoms with Gasteiger partial charge in [-0.3, -0.25) is 4.79 Å². The molecule has 1 aliphatic carbocycles. The Morgan fingerprint density at radius 1 is 1.06 bits per heavy atom. The van der Waals surface area contributed by atoms with E-state index >= 15 is 0 Å². The molecule has 0 atom stereocenters. The fourth-order valence-corrected chi connectivity index (χ4v) is 5.25. The van der Waals surface area contributed by atoms with E-state index in [1.54, 1.807) is 12.1 Å². The van der Waals surface area contributed by atoms with Gasteiger partial charge in [0.2, 0.25) is 0 Å². The number of aryl methyl sites for hydroxylation is 4. The number of methoxy groups -OCH3 is 1. The van der Waals surface area contributed by atoms with Crippen molar-refractivity contribution in [2.24, 2.45) is 0 Å². The van der Waals surface area contributed by atoms with Gasteiger partial charge in [-0.2, -0.15) is 0 Å². The molecule has 0 spiro atoms. The van der Waals surface area contributed by atoms with Crippen LogP contribution >= 0.6 is 22.9 Å². The van der Waals surface area contributed by atoms with Crippen molar-refractivity contribution in [3.8, 4) is 16.9 Å². The fraction of sp³-hybridized carbons (Fsp3) is 0.308. The first-order valence-corrected chi connectivity index (χ1v) is 12.1. The maximum Gasteiger partial charge on any atom is 0.341 e. The number of rotatable bonds is 6. The van der Waals surface area contributed by atoms with Crippen molar-refractivity contribution < 1.29 is 19.1 Å². The van der Waals surface area contributed by atoms with Crippen LogP contribution in [0.25, 0.3) is 11.1 Å². The first-order chi connectivity index (χ1) is 15.9. The minimum Gasteiger partial charge on any atom is -0.484 e. The minimum atomic E-state index is -0.482. The van der Waals surface area contributed by atoms with Gasteiger partial charge < -0.3 is 14.8 Å². The first-order valence-electron chi connectivity index (χ1n) is 10.9. The fourth-order valence-electron chi connectivity index (χ4n) is 4.17. The smallest absolute Gasteiger partial charge is 0.341 e. The minimum absolute atomic E-state index is 0.187. The normalized spacial score (nSPS) is 12.7. The Balaban J connectivity index is 1.54. The lowest BCUT2D eigenvalue weighted by Gasteiger charge is -2.16. The van der Waals surface area contributed by atoms with Gasteiger partial charge in [0.15, 0.2) is 6.61 Å². The van der Waals surface area contributed by atoms with Gasteiger partial charge in [0, 0.05) is 16.0 Å². The largest absolute Gasteiger partial charge is 0.484 e. The van der Waals surface area contributed by atoms with E-state index in [0.717, 1.165) is 35.1 Å². The van der Waals surface area contributed by atoms with Crippen LogP contribution in [0.5, 0.6) is 5.75 Å². The summed E-state index contributed by atoms with van der Waals surface area (Å²) >= 11 is 7.50. The van der Waals surface area contributed by atoms with Crippen molar-refractivity contribution in [2.45, 2.75) is 39.5 Å². The molecule has 1 heterocycles. The number of halogens is 1. The molecule has 7 heteroatoms. The molecule has 2 aromatic carbocycles. The lowest BCUT2D eigenvalue weighted by Crippen LogP contribution is -2.21. The second kappa shape index (κ2) is 9.98. The lowest BCUT2D eigenvalue weighted by molar-refractivity contribution is -0.118. The van der Waals surface area contributed by atoms with E-state index in [-0.39, 0.29) is 12.5 Å². The van der Waals surface area contributed by atoms with E-state index in [1.807, 2.05) is 25.3 Å². The molecule has 172 valence electrons.